The molecule has 0 saturated heterocycles. The predicted octanol–water partition coefficient (Wildman–Crippen LogP) is 1.22. The molecule has 2 N–H and O–H groups in total. The first-order valence-electron chi connectivity index (χ1n) is 6.21. The van der Waals surface area contributed by atoms with E-state index in [0.717, 1.165) is 17.0 Å². The molecular formula is C14H14N4O2. The largest absolute Gasteiger partial charge is 0.497 e. The summed E-state index contributed by atoms with van der Waals surface area (Å²) in [5.41, 5.74) is 7.94. The Morgan fingerprint density at radius 1 is 1.30 bits per heavy atom. The summed E-state index contributed by atoms with van der Waals surface area (Å²) in [6.45, 7) is 0.980. The molecule has 1 aromatic carbocycles. The molecule has 3 rings (SSSR count). The third-order valence-corrected chi connectivity index (χ3v) is 3.30. The lowest BCUT2D eigenvalue weighted by atomic mass is 10.2. The maximum Gasteiger partial charge on any atom is 0.254 e. The van der Waals surface area contributed by atoms with Gasteiger partial charge in [-0.15, -0.1) is 0 Å². The van der Waals surface area contributed by atoms with Gasteiger partial charge in [0.05, 0.1) is 19.3 Å². The smallest absolute Gasteiger partial charge is 0.254 e. The van der Waals surface area contributed by atoms with Gasteiger partial charge in [-0.25, -0.2) is 9.97 Å². The highest BCUT2D eigenvalue weighted by Gasteiger charge is 2.25. The van der Waals surface area contributed by atoms with Gasteiger partial charge in [-0.3, -0.25) is 4.79 Å². The van der Waals surface area contributed by atoms with E-state index in [9.17, 15) is 4.79 Å². The Morgan fingerprint density at radius 2 is 2.05 bits per heavy atom. The van der Waals surface area contributed by atoms with Crippen molar-refractivity contribution in [3.05, 3.63) is 47.3 Å². The second kappa shape index (κ2) is 4.80. The van der Waals surface area contributed by atoms with E-state index in [1.54, 1.807) is 42.5 Å². The minimum atomic E-state index is -0.0378. The van der Waals surface area contributed by atoms with Crippen molar-refractivity contribution in [1.29, 1.82) is 0 Å². The molecule has 0 atom stereocenters. The van der Waals surface area contributed by atoms with Gasteiger partial charge in [-0.1, -0.05) is 0 Å². The van der Waals surface area contributed by atoms with Crippen LogP contribution in [0.1, 0.15) is 21.6 Å². The number of ether oxygens (including phenoxy) is 1. The predicted molar refractivity (Wildman–Crippen MR) is 73.0 cm³/mol. The molecule has 0 aliphatic carbocycles. The molecule has 0 fully saturated rings. The summed E-state index contributed by atoms with van der Waals surface area (Å²) in [4.78, 5) is 22.2. The number of hydrogen-bond donors (Lipinski definition) is 1. The quantitative estimate of drug-likeness (QED) is 0.887. The number of nitrogens with zero attached hydrogens (tertiary/aromatic N) is 3. The molecule has 102 valence electrons. The highest BCUT2D eigenvalue weighted by molar-refractivity contribution is 5.94. The molecule has 1 aromatic heterocycles. The first kappa shape index (κ1) is 12.4. The SMILES string of the molecule is COc1ccc(C(=O)N2Cc3cnc(N)nc3C2)cc1. The van der Waals surface area contributed by atoms with Crippen LogP contribution in [0.5, 0.6) is 5.75 Å². The van der Waals surface area contributed by atoms with Crippen LogP contribution >= 0.6 is 0 Å². The summed E-state index contributed by atoms with van der Waals surface area (Å²) in [5, 5.41) is 0. The highest BCUT2D eigenvalue weighted by atomic mass is 16.5. The van der Waals surface area contributed by atoms with Crippen LogP contribution in [0.3, 0.4) is 0 Å². The van der Waals surface area contributed by atoms with Crippen LogP contribution in [0.25, 0.3) is 0 Å². The second-order valence-electron chi connectivity index (χ2n) is 4.59. The van der Waals surface area contributed by atoms with E-state index in [1.807, 2.05) is 0 Å². The average molecular weight is 270 g/mol. The van der Waals surface area contributed by atoms with E-state index in [-0.39, 0.29) is 11.9 Å². The molecular weight excluding hydrogens is 256 g/mol. The van der Waals surface area contributed by atoms with Crippen molar-refractivity contribution in [3.8, 4) is 5.75 Å². The van der Waals surface area contributed by atoms with Gasteiger partial charge < -0.3 is 15.4 Å². The number of fused-ring (bicyclic) bond motifs is 1. The number of amides is 1. The van der Waals surface area contributed by atoms with Gasteiger partial charge in [0.2, 0.25) is 5.95 Å². The Morgan fingerprint density at radius 3 is 2.75 bits per heavy atom. The normalized spacial score (nSPS) is 13.2. The fourth-order valence-electron chi connectivity index (χ4n) is 2.23. The zero-order valence-corrected chi connectivity index (χ0v) is 11.0. The number of rotatable bonds is 2. The summed E-state index contributed by atoms with van der Waals surface area (Å²) in [6.07, 6.45) is 1.68. The monoisotopic (exact) mass is 270 g/mol. The Bertz CT molecular complexity index is 655. The van der Waals surface area contributed by atoms with Gasteiger partial charge in [0.15, 0.2) is 0 Å². The van der Waals surface area contributed by atoms with E-state index in [0.29, 0.717) is 18.7 Å². The van der Waals surface area contributed by atoms with Crippen molar-refractivity contribution in [2.75, 3.05) is 12.8 Å². The highest BCUT2D eigenvalue weighted by Crippen LogP contribution is 2.23. The first-order valence-corrected chi connectivity index (χ1v) is 6.21. The zero-order valence-electron chi connectivity index (χ0n) is 11.0. The van der Waals surface area contributed by atoms with E-state index in [2.05, 4.69) is 9.97 Å². The van der Waals surface area contributed by atoms with Gasteiger partial charge in [-0.2, -0.15) is 0 Å². The topological polar surface area (TPSA) is 81.3 Å². The lowest BCUT2D eigenvalue weighted by Gasteiger charge is -2.15. The summed E-state index contributed by atoms with van der Waals surface area (Å²) in [5.74, 6) is 0.927. The first-order chi connectivity index (χ1) is 9.67. The molecule has 1 amide bonds. The fourth-order valence-corrected chi connectivity index (χ4v) is 2.23. The Balaban J connectivity index is 1.79. The molecule has 0 saturated carbocycles. The Hall–Kier alpha value is -2.63. The van der Waals surface area contributed by atoms with Crippen molar-refractivity contribution in [1.82, 2.24) is 14.9 Å². The van der Waals surface area contributed by atoms with Crippen LogP contribution in [-0.2, 0) is 13.1 Å². The van der Waals surface area contributed by atoms with Gasteiger partial charge in [0, 0.05) is 23.9 Å². The van der Waals surface area contributed by atoms with Crippen molar-refractivity contribution in [2.24, 2.45) is 0 Å². The van der Waals surface area contributed by atoms with Crippen LogP contribution < -0.4 is 10.5 Å². The number of carbonyl (C=O) groups excluding carboxylic acids is 1. The third-order valence-electron chi connectivity index (χ3n) is 3.30. The van der Waals surface area contributed by atoms with E-state index in [4.69, 9.17) is 10.5 Å². The Kier molecular flexibility index (Phi) is 2.98. The van der Waals surface area contributed by atoms with Crippen molar-refractivity contribution in [2.45, 2.75) is 13.1 Å². The summed E-state index contributed by atoms with van der Waals surface area (Å²) in [6, 6.07) is 7.05. The second-order valence-corrected chi connectivity index (χ2v) is 4.59. The standard InChI is InChI=1S/C14H14N4O2/c1-20-11-4-2-9(3-5-11)13(19)18-7-10-6-16-14(15)17-12(10)8-18/h2-6H,7-8H2,1H3,(H2,15,16,17). The van der Waals surface area contributed by atoms with E-state index in [1.165, 1.54) is 0 Å². The van der Waals surface area contributed by atoms with Crippen molar-refractivity contribution >= 4 is 11.9 Å². The molecule has 0 bridgehead atoms. The third kappa shape index (κ3) is 2.16. The molecule has 20 heavy (non-hydrogen) atoms. The number of benzene rings is 1. The van der Waals surface area contributed by atoms with Gasteiger partial charge in [0.25, 0.3) is 5.91 Å². The van der Waals surface area contributed by atoms with Crippen molar-refractivity contribution in [3.63, 3.8) is 0 Å². The number of carbonyl (C=O) groups is 1. The molecule has 2 aromatic rings. The minimum Gasteiger partial charge on any atom is -0.497 e. The average Bonchev–Trinajstić information content (AvgIpc) is 2.89. The molecule has 6 nitrogen and oxygen atoms in total. The van der Waals surface area contributed by atoms with E-state index < -0.39 is 0 Å². The fraction of sp³-hybridized carbons (Fsp3) is 0.214. The van der Waals surface area contributed by atoms with Gasteiger partial charge in [-0.05, 0) is 24.3 Å². The van der Waals surface area contributed by atoms with Crippen LogP contribution in [0.2, 0.25) is 0 Å². The number of nitrogens with two attached hydrogens (primary N) is 1. The summed E-state index contributed by atoms with van der Waals surface area (Å²) >= 11 is 0. The number of aromatic nitrogens is 2. The number of methoxy groups -OCH3 is 1. The number of nitrogen functional groups attached to an aromatic ring is 1. The van der Waals surface area contributed by atoms with Crippen LogP contribution in [0, 0.1) is 0 Å². The lowest BCUT2D eigenvalue weighted by molar-refractivity contribution is 0.0750. The molecule has 0 unspecified atom stereocenters. The molecule has 2 heterocycles. The molecule has 1 aliphatic rings. The zero-order chi connectivity index (χ0) is 14.1. The molecule has 1 aliphatic heterocycles. The van der Waals surface area contributed by atoms with Crippen LogP contribution in [-0.4, -0.2) is 27.9 Å². The van der Waals surface area contributed by atoms with Crippen LogP contribution in [0.15, 0.2) is 30.5 Å². The minimum absolute atomic E-state index is 0.0378. The van der Waals surface area contributed by atoms with E-state index >= 15 is 0 Å². The van der Waals surface area contributed by atoms with Gasteiger partial charge >= 0.3 is 0 Å². The van der Waals surface area contributed by atoms with Crippen molar-refractivity contribution < 1.29 is 9.53 Å². The Labute approximate surface area is 116 Å². The number of anilines is 1. The maximum absolute atomic E-state index is 12.4. The molecule has 0 spiro atoms. The maximum atomic E-state index is 12.4. The molecule has 0 radical (unpaired) electrons. The lowest BCUT2D eigenvalue weighted by Crippen LogP contribution is -2.25. The summed E-state index contributed by atoms with van der Waals surface area (Å²) < 4.78 is 5.08. The summed E-state index contributed by atoms with van der Waals surface area (Å²) in [7, 11) is 1.59. The van der Waals surface area contributed by atoms with Crippen LogP contribution in [0.4, 0.5) is 5.95 Å². The number of hydrogen-bond acceptors (Lipinski definition) is 5. The molecule has 6 heteroatoms. The van der Waals surface area contributed by atoms with Gasteiger partial charge in [0.1, 0.15) is 5.75 Å².